The summed E-state index contributed by atoms with van der Waals surface area (Å²) in [4.78, 5) is 0. The highest BCUT2D eigenvalue weighted by Crippen LogP contribution is 2.30. The van der Waals surface area contributed by atoms with Crippen LogP contribution in [0.25, 0.3) is 0 Å². The lowest BCUT2D eigenvalue weighted by Crippen LogP contribution is -2.22. The monoisotopic (exact) mass is 247 g/mol. The lowest BCUT2D eigenvalue weighted by molar-refractivity contribution is 0.125. The number of benzene rings is 1. The number of ether oxygens (including phenoxy) is 1. The summed E-state index contributed by atoms with van der Waals surface area (Å²) >= 11 is 12.2. The molecule has 0 saturated heterocycles. The highest BCUT2D eigenvalue weighted by Gasteiger charge is 2.16. The minimum Gasteiger partial charge on any atom is -0.380 e. The fraction of sp³-hybridized carbons (Fsp3) is 0.455. The van der Waals surface area contributed by atoms with Crippen molar-refractivity contribution in [1.82, 2.24) is 5.32 Å². The Labute approximate surface area is 101 Å². The molecule has 1 unspecified atom stereocenters. The zero-order valence-corrected chi connectivity index (χ0v) is 10.4. The van der Waals surface area contributed by atoms with Gasteiger partial charge in [-0.15, -0.1) is 0 Å². The van der Waals surface area contributed by atoms with Crippen molar-refractivity contribution in [2.45, 2.75) is 13.0 Å². The van der Waals surface area contributed by atoms with Crippen molar-refractivity contribution in [3.63, 3.8) is 0 Å². The first kappa shape index (κ1) is 12.8. The van der Waals surface area contributed by atoms with Gasteiger partial charge >= 0.3 is 0 Å². The topological polar surface area (TPSA) is 21.3 Å². The molecule has 1 aromatic rings. The quantitative estimate of drug-likeness (QED) is 0.863. The van der Waals surface area contributed by atoms with Crippen LogP contribution in [0, 0.1) is 0 Å². The highest BCUT2D eigenvalue weighted by molar-refractivity contribution is 6.36. The third-order valence-electron chi connectivity index (χ3n) is 2.19. The summed E-state index contributed by atoms with van der Waals surface area (Å²) in [7, 11) is 1.86. The van der Waals surface area contributed by atoms with Crippen LogP contribution in [0.1, 0.15) is 18.5 Å². The molecule has 0 aliphatic carbocycles. The summed E-state index contributed by atoms with van der Waals surface area (Å²) in [6.07, 6.45) is 0. The summed E-state index contributed by atoms with van der Waals surface area (Å²) < 4.78 is 5.37. The van der Waals surface area contributed by atoms with Crippen molar-refractivity contribution in [3.05, 3.63) is 33.8 Å². The fourth-order valence-corrected chi connectivity index (χ4v) is 2.05. The maximum absolute atomic E-state index is 6.10. The molecular weight excluding hydrogens is 233 g/mol. The van der Waals surface area contributed by atoms with Gasteiger partial charge in [-0.2, -0.15) is 0 Å². The van der Waals surface area contributed by atoms with Gasteiger partial charge in [-0.1, -0.05) is 29.3 Å². The maximum atomic E-state index is 6.10. The second-order valence-electron chi connectivity index (χ2n) is 3.14. The van der Waals surface area contributed by atoms with E-state index in [9.17, 15) is 0 Å². The van der Waals surface area contributed by atoms with E-state index in [1.54, 1.807) is 0 Å². The molecule has 1 aromatic carbocycles. The van der Waals surface area contributed by atoms with Crippen LogP contribution in [0.4, 0.5) is 0 Å². The Balaban J connectivity index is 2.90. The van der Waals surface area contributed by atoms with Gasteiger partial charge in [0.05, 0.1) is 12.6 Å². The van der Waals surface area contributed by atoms with Gasteiger partial charge < -0.3 is 10.1 Å². The van der Waals surface area contributed by atoms with Crippen molar-refractivity contribution in [3.8, 4) is 0 Å². The third kappa shape index (κ3) is 3.35. The first-order valence-electron chi connectivity index (χ1n) is 4.89. The molecule has 1 rings (SSSR count). The Morgan fingerprint density at radius 1 is 1.33 bits per heavy atom. The van der Waals surface area contributed by atoms with E-state index in [1.807, 2.05) is 32.2 Å². The Bertz CT molecular complexity index is 297. The molecule has 0 radical (unpaired) electrons. The van der Waals surface area contributed by atoms with Crippen molar-refractivity contribution in [1.29, 1.82) is 0 Å². The molecule has 0 spiro atoms. The molecule has 0 aliphatic heterocycles. The van der Waals surface area contributed by atoms with Crippen LogP contribution in [-0.4, -0.2) is 20.3 Å². The smallest absolute Gasteiger partial charge is 0.0662 e. The Kier molecular flexibility index (Phi) is 5.40. The standard InChI is InChI=1S/C11H15Cl2NO/c1-3-15-7-10(14-2)11-8(12)5-4-6-9(11)13/h4-6,10,14H,3,7H2,1-2H3. The van der Waals surface area contributed by atoms with Gasteiger partial charge in [-0.05, 0) is 26.1 Å². The van der Waals surface area contributed by atoms with E-state index in [1.165, 1.54) is 0 Å². The molecule has 0 aliphatic rings. The Morgan fingerprint density at radius 2 is 1.93 bits per heavy atom. The van der Waals surface area contributed by atoms with Crippen LogP contribution in [0.5, 0.6) is 0 Å². The van der Waals surface area contributed by atoms with E-state index in [4.69, 9.17) is 27.9 Å². The fourth-order valence-electron chi connectivity index (χ4n) is 1.39. The van der Waals surface area contributed by atoms with Crippen LogP contribution in [0.2, 0.25) is 10.0 Å². The minimum atomic E-state index is 0.0335. The van der Waals surface area contributed by atoms with E-state index in [2.05, 4.69) is 5.32 Å². The molecule has 0 aromatic heterocycles. The lowest BCUT2D eigenvalue weighted by Gasteiger charge is -2.18. The van der Waals surface area contributed by atoms with Crippen LogP contribution < -0.4 is 5.32 Å². The summed E-state index contributed by atoms with van der Waals surface area (Å²) in [5, 5.41) is 4.48. The van der Waals surface area contributed by atoms with Gasteiger partial charge in [0.25, 0.3) is 0 Å². The molecule has 1 N–H and O–H groups in total. The lowest BCUT2D eigenvalue weighted by atomic mass is 10.1. The van der Waals surface area contributed by atoms with Crippen LogP contribution >= 0.6 is 23.2 Å². The normalized spacial score (nSPS) is 12.8. The largest absolute Gasteiger partial charge is 0.380 e. The number of hydrogen-bond donors (Lipinski definition) is 1. The second-order valence-corrected chi connectivity index (χ2v) is 3.95. The molecule has 0 bridgehead atoms. The predicted octanol–water partition coefficient (Wildman–Crippen LogP) is 3.29. The SMILES string of the molecule is CCOCC(NC)c1c(Cl)cccc1Cl. The molecule has 0 heterocycles. The zero-order valence-electron chi connectivity index (χ0n) is 8.89. The van der Waals surface area contributed by atoms with Crippen molar-refractivity contribution in [2.24, 2.45) is 0 Å². The van der Waals surface area contributed by atoms with E-state index < -0.39 is 0 Å². The van der Waals surface area contributed by atoms with Gasteiger partial charge in [0.1, 0.15) is 0 Å². The molecule has 0 fully saturated rings. The van der Waals surface area contributed by atoms with Crippen LogP contribution in [0.3, 0.4) is 0 Å². The molecule has 0 saturated carbocycles. The van der Waals surface area contributed by atoms with Crippen molar-refractivity contribution in [2.75, 3.05) is 20.3 Å². The zero-order chi connectivity index (χ0) is 11.3. The Morgan fingerprint density at radius 3 is 2.40 bits per heavy atom. The van der Waals surface area contributed by atoms with Gasteiger partial charge in [0, 0.05) is 22.2 Å². The number of hydrogen-bond acceptors (Lipinski definition) is 2. The third-order valence-corrected chi connectivity index (χ3v) is 2.84. The van der Waals surface area contributed by atoms with Crippen LogP contribution in [-0.2, 0) is 4.74 Å². The Hall–Kier alpha value is -0.280. The first-order chi connectivity index (χ1) is 7.20. The van der Waals surface area contributed by atoms with E-state index >= 15 is 0 Å². The number of rotatable bonds is 5. The minimum absolute atomic E-state index is 0.0335. The van der Waals surface area contributed by atoms with E-state index in [0.717, 1.165) is 5.56 Å². The van der Waals surface area contributed by atoms with Gasteiger partial charge in [-0.3, -0.25) is 0 Å². The molecule has 0 amide bonds. The highest BCUT2D eigenvalue weighted by atomic mass is 35.5. The molecule has 2 nitrogen and oxygen atoms in total. The average Bonchev–Trinajstić information content (AvgIpc) is 2.22. The summed E-state index contributed by atoms with van der Waals surface area (Å²) in [5.41, 5.74) is 0.900. The molecular formula is C11H15Cl2NO. The number of halogens is 2. The summed E-state index contributed by atoms with van der Waals surface area (Å²) in [5.74, 6) is 0. The predicted molar refractivity (Wildman–Crippen MR) is 64.8 cm³/mol. The molecule has 1 atom stereocenters. The molecule has 84 valence electrons. The van der Waals surface area contributed by atoms with Gasteiger partial charge in [0.2, 0.25) is 0 Å². The van der Waals surface area contributed by atoms with Crippen molar-refractivity contribution < 1.29 is 4.74 Å². The number of likely N-dealkylation sites (N-methyl/N-ethyl adjacent to an activating group) is 1. The second kappa shape index (κ2) is 6.33. The summed E-state index contributed by atoms with van der Waals surface area (Å²) in [6.45, 7) is 3.21. The van der Waals surface area contributed by atoms with Gasteiger partial charge in [-0.25, -0.2) is 0 Å². The van der Waals surface area contributed by atoms with Crippen molar-refractivity contribution >= 4 is 23.2 Å². The van der Waals surface area contributed by atoms with E-state index in [0.29, 0.717) is 23.3 Å². The number of nitrogens with one attached hydrogen (secondary N) is 1. The van der Waals surface area contributed by atoms with E-state index in [-0.39, 0.29) is 6.04 Å². The van der Waals surface area contributed by atoms with Crippen LogP contribution in [0.15, 0.2) is 18.2 Å². The molecule has 4 heteroatoms. The summed E-state index contributed by atoms with van der Waals surface area (Å²) in [6, 6.07) is 5.53. The maximum Gasteiger partial charge on any atom is 0.0662 e. The molecule has 15 heavy (non-hydrogen) atoms. The van der Waals surface area contributed by atoms with Gasteiger partial charge in [0.15, 0.2) is 0 Å². The average molecular weight is 248 g/mol. The first-order valence-corrected chi connectivity index (χ1v) is 5.65.